The summed E-state index contributed by atoms with van der Waals surface area (Å²) in [4.78, 5) is 0. The number of rotatable bonds is 5. The predicted octanol–water partition coefficient (Wildman–Crippen LogP) is 18.1. The van der Waals surface area contributed by atoms with Gasteiger partial charge in [-0.2, -0.15) is 4.57 Å². The van der Waals surface area contributed by atoms with Gasteiger partial charge in [0.05, 0.1) is 11.5 Å². The number of pyridine rings is 1. The minimum Gasteiger partial charge on any atom is -0.181 e. The fourth-order valence-corrected chi connectivity index (χ4v) is 16.2. The standard InChI is InChI=1S/C72H65N5/c1-10-12-24-45(11-2)49-30-23-31-50(46-41-47(71(4,5)6)43-48(42-46)72(7,8)9)67(49)77-60-34-20-19-33-59(60)76(77)61-39-36-44(3)63-65-55-29-16-14-26-52(55)51-25-13-15-28-54(51)64(65)57-38-37-56-53-27-17-18-32-58(53)74-62-35-21-22-40-73(62)75(69(61)63,70(76)77)68(57)66(56)74/h10-42,44,47,63,70H,2,43H2,1,3-9H3/q+4/b12-10-,45-24+. The van der Waals surface area contributed by atoms with E-state index in [0.717, 1.165) is 12.0 Å². The van der Waals surface area contributed by atoms with Gasteiger partial charge in [-0.3, -0.25) is 0 Å². The van der Waals surface area contributed by atoms with Crippen molar-refractivity contribution in [2.45, 2.75) is 74.0 Å². The largest absolute Gasteiger partial charge is 0.498 e. The van der Waals surface area contributed by atoms with Crippen molar-refractivity contribution in [1.82, 2.24) is 18.3 Å². The van der Waals surface area contributed by atoms with Crippen molar-refractivity contribution in [3.8, 4) is 16.9 Å². The molecule has 2 aromatic heterocycles. The second kappa shape index (κ2) is 15.0. The maximum absolute atomic E-state index is 4.61. The minimum atomic E-state index is -0.120. The summed E-state index contributed by atoms with van der Waals surface area (Å²) in [7, 11) is 0. The molecule has 0 amide bonds. The normalized spacial score (nSPS) is 26.2. The molecular weight excluding hydrogens is 935 g/mol. The predicted molar refractivity (Wildman–Crippen MR) is 323 cm³/mol. The Hall–Kier alpha value is -7.93. The van der Waals surface area contributed by atoms with Crippen LogP contribution in [0.15, 0.2) is 224 Å². The quantitative estimate of drug-likeness (QED) is 0.0534. The van der Waals surface area contributed by atoms with Gasteiger partial charge in [0.2, 0.25) is 22.6 Å². The topological polar surface area (TPSA) is 8.81 Å². The zero-order valence-electron chi connectivity index (χ0n) is 45.5. The summed E-state index contributed by atoms with van der Waals surface area (Å²) >= 11 is 0. The number of hydrogen-bond acceptors (Lipinski definition) is 0. The van der Waals surface area contributed by atoms with E-state index in [0.29, 0.717) is 19.7 Å². The van der Waals surface area contributed by atoms with Crippen LogP contribution in [0.3, 0.4) is 0 Å². The number of benzene rings is 7. The molecule has 1 saturated heterocycles. The monoisotopic (exact) mass is 1000 g/mol. The van der Waals surface area contributed by atoms with Gasteiger partial charge in [0.15, 0.2) is 6.20 Å². The third-order valence-electron chi connectivity index (χ3n) is 19.4. The molecule has 7 atom stereocenters. The number of hydrogen-bond donors (Lipinski definition) is 0. The molecule has 9 aromatic rings. The first-order valence-electron chi connectivity index (χ1n) is 28.1. The molecule has 0 bridgehead atoms. The Morgan fingerprint density at radius 3 is 2.12 bits per heavy atom. The summed E-state index contributed by atoms with van der Waals surface area (Å²) in [6, 6.07) is 56.5. The zero-order chi connectivity index (χ0) is 52.3. The van der Waals surface area contributed by atoms with Gasteiger partial charge < -0.3 is 0 Å². The smallest absolute Gasteiger partial charge is 0.181 e. The van der Waals surface area contributed by atoms with Crippen LogP contribution in [0, 0.1) is 22.7 Å². The molecule has 0 N–H and O–H groups in total. The van der Waals surface area contributed by atoms with E-state index in [2.05, 4.69) is 272 Å². The van der Waals surface area contributed by atoms with Crippen molar-refractivity contribution < 1.29 is 4.68 Å². The number of para-hydroxylation sites is 4. The zero-order valence-corrected chi connectivity index (χ0v) is 45.5. The Balaban J connectivity index is 1.14. The molecule has 7 aliphatic rings. The summed E-state index contributed by atoms with van der Waals surface area (Å²) in [5.74, 6) is 1.76. The first kappa shape index (κ1) is 45.3. The molecule has 0 radical (unpaired) electrons. The van der Waals surface area contributed by atoms with Gasteiger partial charge in [-0.25, -0.2) is 0 Å². The summed E-state index contributed by atoms with van der Waals surface area (Å²) in [6.07, 6.45) is 22.5. The van der Waals surface area contributed by atoms with E-state index >= 15 is 0 Å². The summed E-state index contributed by atoms with van der Waals surface area (Å²) < 4.78 is 7.20. The van der Waals surface area contributed by atoms with Crippen molar-refractivity contribution in [1.29, 1.82) is 0 Å². The van der Waals surface area contributed by atoms with Crippen molar-refractivity contribution in [2.75, 3.05) is 0 Å². The van der Waals surface area contributed by atoms with Gasteiger partial charge in [-0.05, 0) is 121 Å². The molecule has 1 fully saturated rings. The molecule has 2 spiro atoms. The lowest BCUT2D eigenvalue weighted by atomic mass is 9.68. The first-order valence-corrected chi connectivity index (χ1v) is 28.1. The number of nitrogens with zero attached hydrogens (tertiary/aromatic N) is 5. The van der Waals surface area contributed by atoms with Crippen molar-refractivity contribution >= 4 is 77.2 Å². The third-order valence-corrected chi connectivity index (χ3v) is 19.4. The number of allylic oxidation sites excluding steroid dienone is 12. The molecule has 5 nitrogen and oxygen atoms in total. The second-order valence-electron chi connectivity index (χ2n) is 25.1. The fourth-order valence-electron chi connectivity index (χ4n) is 16.2. The summed E-state index contributed by atoms with van der Waals surface area (Å²) in [5, 5.41) is 7.87. The second-order valence-corrected chi connectivity index (χ2v) is 25.1. The highest BCUT2D eigenvalue weighted by Gasteiger charge is 3.11. The molecular formula is C72H65N5+4. The number of aromatic nitrogens is 2. The lowest BCUT2D eigenvalue weighted by Gasteiger charge is -2.39. The van der Waals surface area contributed by atoms with E-state index in [1.54, 1.807) is 0 Å². The van der Waals surface area contributed by atoms with E-state index in [1.807, 2.05) is 0 Å². The highest BCUT2D eigenvalue weighted by molar-refractivity contribution is 6.22. The average Bonchev–Trinajstić information content (AvgIpc) is 3.49. The summed E-state index contributed by atoms with van der Waals surface area (Å²) in [6.45, 7) is 23.7. The molecule has 7 aromatic carbocycles. The van der Waals surface area contributed by atoms with Gasteiger partial charge in [0, 0.05) is 65.5 Å². The van der Waals surface area contributed by atoms with Crippen LogP contribution < -0.4 is 18.5 Å². The van der Waals surface area contributed by atoms with Gasteiger partial charge in [-0.1, -0.05) is 188 Å². The molecule has 77 heavy (non-hydrogen) atoms. The van der Waals surface area contributed by atoms with E-state index in [9.17, 15) is 0 Å². The molecule has 2 aliphatic carbocycles. The van der Waals surface area contributed by atoms with E-state index in [1.165, 1.54) is 122 Å². The van der Waals surface area contributed by atoms with Crippen LogP contribution in [0.1, 0.15) is 84.4 Å². The molecule has 16 rings (SSSR count). The Morgan fingerprint density at radius 2 is 1.38 bits per heavy atom. The Bertz CT molecular complexity index is 4420. The fraction of sp³-hybridized carbons (Fsp3) is 0.208. The van der Waals surface area contributed by atoms with Gasteiger partial charge in [0.25, 0.3) is 17.1 Å². The van der Waals surface area contributed by atoms with Gasteiger partial charge in [-0.15, -0.1) is 0 Å². The van der Waals surface area contributed by atoms with Crippen molar-refractivity contribution in [3.63, 3.8) is 0 Å². The maximum atomic E-state index is 4.61. The molecule has 7 heterocycles. The van der Waals surface area contributed by atoms with Crippen LogP contribution in [0.2, 0.25) is 0 Å². The van der Waals surface area contributed by atoms with E-state index in [-0.39, 0.29) is 29.0 Å². The van der Waals surface area contributed by atoms with Crippen LogP contribution in [-0.4, -0.2) is 10.9 Å². The average molecular weight is 1000 g/mol. The molecule has 5 heteroatoms. The van der Waals surface area contributed by atoms with Gasteiger partial charge >= 0.3 is 12.1 Å². The maximum Gasteiger partial charge on any atom is 0.498 e. The molecule has 7 unspecified atom stereocenters. The third kappa shape index (κ3) is 5.16. The summed E-state index contributed by atoms with van der Waals surface area (Å²) in [5.41, 5.74) is 21.6. The van der Waals surface area contributed by atoms with Crippen molar-refractivity contribution in [3.05, 3.63) is 241 Å². The highest BCUT2D eigenvalue weighted by Crippen LogP contribution is 2.83. The minimum absolute atomic E-state index is 0.00365. The van der Waals surface area contributed by atoms with E-state index < -0.39 is 0 Å². The van der Waals surface area contributed by atoms with E-state index in [4.69, 9.17) is 0 Å². The van der Waals surface area contributed by atoms with Gasteiger partial charge in [0.1, 0.15) is 5.52 Å². The molecule has 374 valence electrons. The Kier molecular flexibility index (Phi) is 8.80. The lowest BCUT2D eigenvalue weighted by Crippen LogP contribution is -2.76. The number of quaternary nitrogens is 3. The Labute approximate surface area is 452 Å². The SMILES string of the molecule is C=C/C(=C\C=C/C)c1cccc(C2=CC(C(C)(C)C)CC(C(C)(C)C)=C2)c1[N+]12c3ccccc3[N+]13C1=C4C(c5c(c6ccccc6c6ccccc56)-c5ccc6c7ccccc7n7c6c5[N+]4(C32)[n+]2ccccc2-7)C(C)C=C1. The molecule has 0 saturated carbocycles. The Morgan fingerprint density at radius 1 is 0.688 bits per heavy atom. The molecule has 5 aliphatic heterocycles. The van der Waals surface area contributed by atoms with Crippen LogP contribution in [0.4, 0.5) is 22.7 Å². The first-order chi connectivity index (χ1) is 37.3. The lowest BCUT2D eigenvalue weighted by molar-refractivity contribution is -0.800. The van der Waals surface area contributed by atoms with Crippen LogP contribution >= 0.6 is 0 Å². The van der Waals surface area contributed by atoms with Crippen molar-refractivity contribution in [2.24, 2.45) is 22.7 Å². The highest BCUT2D eigenvalue weighted by atomic mass is 16.2. The van der Waals surface area contributed by atoms with Crippen LogP contribution in [0.5, 0.6) is 0 Å². The van der Waals surface area contributed by atoms with Crippen LogP contribution in [-0.2, 0) is 0 Å². The number of fused-ring (bicyclic) bond motifs is 16. The van der Waals surface area contributed by atoms with Crippen LogP contribution in [0.25, 0.3) is 71.4 Å².